The van der Waals surface area contributed by atoms with Gasteiger partial charge in [0.05, 0.1) is 4.90 Å². The molecule has 0 spiro atoms. The van der Waals surface area contributed by atoms with E-state index in [2.05, 4.69) is 25.1 Å². The molecular formula is C21H27N5O5S. The third-order valence-electron chi connectivity index (χ3n) is 4.77. The molecule has 1 fully saturated rings. The molecule has 10 nitrogen and oxygen atoms in total. The Bertz CT molecular complexity index is 1050. The zero-order valence-electron chi connectivity index (χ0n) is 18.2. The highest BCUT2D eigenvalue weighted by atomic mass is 32.2. The van der Waals surface area contributed by atoms with Crippen LogP contribution in [0.1, 0.15) is 44.1 Å². The van der Waals surface area contributed by atoms with Gasteiger partial charge in [0.1, 0.15) is 0 Å². The third-order valence-corrected chi connectivity index (χ3v) is 6.44. The fraction of sp³-hybridized carbons (Fsp3) is 0.429. The molecule has 2 N–H and O–H groups in total. The topological polar surface area (TPSA) is 131 Å². The van der Waals surface area contributed by atoms with Crippen molar-refractivity contribution in [3.63, 3.8) is 0 Å². The predicted octanol–water partition coefficient (Wildman–Crippen LogP) is 1.95. The van der Waals surface area contributed by atoms with Crippen LogP contribution < -0.4 is 14.9 Å². The minimum atomic E-state index is -3.62. The molecule has 11 heteroatoms. The monoisotopic (exact) mass is 461 g/mol. The van der Waals surface area contributed by atoms with Crippen LogP contribution >= 0.6 is 0 Å². The molecule has 1 atom stereocenters. The first kappa shape index (κ1) is 23.6. The molecule has 1 aliphatic heterocycles. The van der Waals surface area contributed by atoms with E-state index in [0.717, 1.165) is 25.9 Å². The maximum Gasteiger partial charge on any atom is 0.359 e. The summed E-state index contributed by atoms with van der Waals surface area (Å²) in [6.45, 7) is 6.71. The van der Waals surface area contributed by atoms with Crippen molar-refractivity contribution < 1.29 is 22.7 Å². The number of ether oxygens (including phenoxy) is 1. The summed E-state index contributed by atoms with van der Waals surface area (Å²) in [5.41, 5.74) is 0.385. The van der Waals surface area contributed by atoms with Gasteiger partial charge in [-0.05, 0) is 70.0 Å². The van der Waals surface area contributed by atoms with E-state index in [1.165, 1.54) is 37.3 Å². The number of sulfonamides is 1. The van der Waals surface area contributed by atoms with Crippen molar-refractivity contribution in [1.82, 2.24) is 14.9 Å². The van der Waals surface area contributed by atoms with Gasteiger partial charge < -0.3 is 15.0 Å². The fourth-order valence-corrected chi connectivity index (χ4v) is 4.41. The molecule has 1 aliphatic rings. The van der Waals surface area contributed by atoms with Gasteiger partial charge in [-0.1, -0.05) is 0 Å². The molecule has 172 valence electrons. The minimum Gasteiger partial charge on any atom is -0.448 e. The molecule has 1 saturated heterocycles. The maximum atomic E-state index is 12.4. The lowest BCUT2D eigenvalue weighted by Crippen LogP contribution is -2.31. The molecule has 1 amide bonds. The summed E-state index contributed by atoms with van der Waals surface area (Å²) >= 11 is 0. The zero-order chi connectivity index (χ0) is 23.3. The number of carbonyl (C=O) groups is 2. The Labute approximate surface area is 187 Å². The number of carbonyl (C=O) groups excluding carboxylic acids is 2. The summed E-state index contributed by atoms with van der Waals surface area (Å²) in [5, 5.41) is 10.6. The predicted molar refractivity (Wildman–Crippen MR) is 119 cm³/mol. The smallest absolute Gasteiger partial charge is 0.359 e. The highest BCUT2D eigenvalue weighted by Crippen LogP contribution is 2.17. The molecule has 0 saturated carbocycles. The van der Waals surface area contributed by atoms with Gasteiger partial charge in [0.2, 0.25) is 10.0 Å². The number of nitrogens with one attached hydrogen (secondary N) is 2. The van der Waals surface area contributed by atoms with Crippen molar-refractivity contribution in [3.8, 4) is 0 Å². The van der Waals surface area contributed by atoms with E-state index in [1.54, 1.807) is 19.9 Å². The largest absolute Gasteiger partial charge is 0.448 e. The lowest BCUT2D eigenvalue weighted by atomic mass is 10.3. The van der Waals surface area contributed by atoms with Crippen molar-refractivity contribution in [1.29, 1.82) is 0 Å². The Morgan fingerprint density at radius 2 is 1.66 bits per heavy atom. The number of hydrogen-bond donors (Lipinski definition) is 2. The molecule has 0 radical (unpaired) electrons. The number of nitrogens with zero attached hydrogens (tertiary/aromatic N) is 3. The number of rotatable bonds is 8. The van der Waals surface area contributed by atoms with E-state index in [0.29, 0.717) is 11.5 Å². The Morgan fingerprint density at radius 3 is 2.22 bits per heavy atom. The normalized spacial score (nSPS) is 14.9. The van der Waals surface area contributed by atoms with Gasteiger partial charge in [0.25, 0.3) is 5.91 Å². The number of esters is 1. The Kier molecular flexibility index (Phi) is 7.41. The number of benzene rings is 1. The molecule has 2 aromatic rings. The van der Waals surface area contributed by atoms with Crippen LogP contribution in [-0.2, 0) is 19.6 Å². The molecule has 2 heterocycles. The summed E-state index contributed by atoms with van der Waals surface area (Å²) < 4.78 is 32.0. The van der Waals surface area contributed by atoms with E-state index in [1.807, 2.05) is 0 Å². The highest BCUT2D eigenvalue weighted by molar-refractivity contribution is 7.89. The number of amides is 1. The van der Waals surface area contributed by atoms with Crippen LogP contribution in [0.15, 0.2) is 41.3 Å². The summed E-state index contributed by atoms with van der Waals surface area (Å²) in [6.07, 6.45) is 1.12. The van der Waals surface area contributed by atoms with Gasteiger partial charge in [-0.2, -0.15) is 0 Å². The van der Waals surface area contributed by atoms with Crippen LogP contribution in [0, 0.1) is 0 Å². The minimum absolute atomic E-state index is 0.0137. The van der Waals surface area contributed by atoms with Gasteiger partial charge in [-0.25, -0.2) is 17.9 Å². The molecular weight excluding hydrogens is 434 g/mol. The Balaban J connectivity index is 1.55. The van der Waals surface area contributed by atoms with Crippen molar-refractivity contribution in [2.75, 3.05) is 23.3 Å². The summed E-state index contributed by atoms with van der Waals surface area (Å²) in [7, 11) is -3.62. The molecule has 1 unspecified atom stereocenters. The summed E-state index contributed by atoms with van der Waals surface area (Å²) in [4.78, 5) is 26.8. The third kappa shape index (κ3) is 6.01. The molecule has 32 heavy (non-hydrogen) atoms. The lowest BCUT2D eigenvalue weighted by molar-refractivity contribution is -0.123. The number of anilines is 2. The second kappa shape index (κ2) is 10.0. The summed E-state index contributed by atoms with van der Waals surface area (Å²) in [6, 6.07) is 8.69. The average Bonchev–Trinajstić information content (AvgIpc) is 3.28. The van der Waals surface area contributed by atoms with Crippen LogP contribution in [0.2, 0.25) is 0 Å². The maximum absolute atomic E-state index is 12.4. The van der Waals surface area contributed by atoms with E-state index in [4.69, 9.17) is 4.74 Å². The fourth-order valence-electron chi connectivity index (χ4n) is 3.16. The van der Waals surface area contributed by atoms with E-state index in [9.17, 15) is 18.0 Å². The zero-order valence-corrected chi connectivity index (χ0v) is 19.1. The SMILES string of the molecule is CC(C)NS(=O)(=O)c1ccc(NC(=O)C(C)OC(=O)c2ccc(N3CCCC3)nn2)cc1. The molecule has 1 aromatic carbocycles. The van der Waals surface area contributed by atoms with Crippen LogP contribution in [0.5, 0.6) is 0 Å². The molecule has 0 aliphatic carbocycles. The van der Waals surface area contributed by atoms with Crippen LogP contribution in [0.3, 0.4) is 0 Å². The molecule has 1 aromatic heterocycles. The Morgan fingerprint density at radius 1 is 1.00 bits per heavy atom. The van der Waals surface area contributed by atoms with Gasteiger partial charge in [0.15, 0.2) is 17.6 Å². The van der Waals surface area contributed by atoms with Crippen molar-refractivity contribution in [2.45, 2.75) is 50.7 Å². The lowest BCUT2D eigenvalue weighted by Gasteiger charge is -2.16. The summed E-state index contributed by atoms with van der Waals surface area (Å²) in [5.74, 6) is -0.607. The first-order chi connectivity index (χ1) is 15.2. The first-order valence-electron chi connectivity index (χ1n) is 10.4. The van der Waals surface area contributed by atoms with Crippen LogP contribution in [-0.4, -0.2) is 55.7 Å². The molecule has 3 rings (SSSR count). The van der Waals surface area contributed by atoms with Gasteiger partial charge >= 0.3 is 5.97 Å². The van der Waals surface area contributed by atoms with E-state index < -0.39 is 28.0 Å². The van der Waals surface area contributed by atoms with Crippen molar-refractivity contribution in [3.05, 3.63) is 42.1 Å². The average molecular weight is 462 g/mol. The van der Waals surface area contributed by atoms with Crippen molar-refractivity contribution >= 4 is 33.4 Å². The van der Waals surface area contributed by atoms with Crippen LogP contribution in [0.25, 0.3) is 0 Å². The standard InChI is InChI=1S/C21H27N5O5S/c1-14(2)25-32(29,30)17-8-6-16(7-9-17)22-20(27)15(3)31-21(28)18-10-11-19(24-23-18)26-12-4-5-13-26/h6-11,14-15,25H,4-5,12-13H2,1-3H3,(H,22,27). The van der Waals surface area contributed by atoms with E-state index >= 15 is 0 Å². The molecule has 0 bridgehead atoms. The van der Waals surface area contributed by atoms with Gasteiger partial charge in [-0.3, -0.25) is 4.79 Å². The quantitative estimate of drug-likeness (QED) is 0.571. The van der Waals surface area contributed by atoms with Gasteiger partial charge in [-0.15, -0.1) is 10.2 Å². The van der Waals surface area contributed by atoms with Crippen LogP contribution in [0.4, 0.5) is 11.5 Å². The highest BCUT2D eigenvalue weighted by Gasteiger charge is 2.22. The first-order valence-corrected chi connectivity index (χ1v) is 11.9. The van der Waals surface area contributed by atoms with E-state index in [-0.39, 0.29) is 16.6 Å². The number of hydrogen-bond acceptors (Lipinski definition) is 8. The van der Waals surface area contributed by atoms with Gasteiger partial charge in [0, 0.05) is 24.8 Å². The Hall–Kier alpha value is -3.05. The number of aromatic nitrogens is 2. The second-order valence-corrected chi connectivity index (χ2v) is 9.52. The van der Waals surface area contributed by atoms with Crippen molar-refractivity contribution in [2.24, 2.45) is 0 Å². The second-order valence-electron chi connectivity index (χ2n) is 7.81.